The third-order valence-electron chi connectivity index (χ3n) is 4.25. The van der Waals surface area contributed by atoms with Crippen molar-refractivity contribution < 1.29 is 19.2 Å². The second-order valence-corrected chi connectivity index (χ2v) is 6.38. The van der Waals surface area contributed by atoms with Crippen molar-refractivity contribution in [2.24, 2.45) is 0 Å². The van der Waals surface area contributed by atoms with Crippen molar-refractivity contribution in [2.45, 2.75) is 38.9 Å². The van der Waals surface area contributed by atoms with Crippen LogP contribution < -0.4 is 10.8 Å². The summed E-state index contributed by atoms with van der Waals surface area (Å²) in [6, 6.07) is 5.39. The Labute approximate surface area is 128 Å². The number of hydrogen-bond donors (Lipinski definition) is 2. The number of hydrogen-bond acceptors (Lipinski definition) is 4. The molecule has 0 unspecified atom stereocenters. The Balaban J connectivity index is 1.91. The highest BCUT2D eigenvalue weighted by Crippen LogP contribution is 2.36. The molecule has 3 rings (SSSR count). The number of amides is 1. The number of carbonyl (C=O) groups is 1. The van der Waals surface area contributed by atoms with Gasteiger partial charge < -0.3 is 14.4 Å². The maximum absolute atomic E-state index is 10.7. The zero-order valence-corrected chi connectivity index (χ0v) is 13.0. The first-order chi connectivity index (χ1) is 10.2. The Kier molecular flexibility index (Phi) is 3.19. The fourth-order valence-electron chi connectivity index (χ4n) is 2.31. The molecule has 7 nitrogen and oxygen atoms in total. The first-order valence-corrected chi connectivity index (χ1v) is 7.03. The molecule has 8 heteroatoms. The third-order valence-corrected chi connectivity index (χ3v) is 4.25. The van der Waals surface area contributed by atoms with Crippen LogP contribution in [-0.4, -0.2) is 39.1 Å². The molecule has 2 aromatic heterocycles. The third kappa shape index (κ3) is 2.44. The molecule has 0 bridgehead atoms. The van der Waals surface area contributed by atoms with Gasteiger partial charge in [-0.2, -0.15) is 0 Å². The second kappa shape index (κ2) is 4.72. The zero-order valence-electron chi connectivity index (χ0n) is 13.0. The lowest BCUT2D eigenvalue weighted by Crippen LogP contribution is -2.41. The summed E-state index contributed by atoms with van der Waals surface area (Å²) in [7, 11) is -0.458. The highest BCUT2D eigenvalue weighted by Gasteiger charge is 2.51. The number of nitrogens with one attached hydrogen (secondary N) is 1. The Bertz CT molecular complexity index is 725. The number of aromatic nitrogens is 2. The van der Waals surface area contributed by atoms with E-state index in [2.05, 4.69) is 10.4 Å². The summed E-state index contributed by atoms with van der Waals surface area (Å²) in [4.78, 5) is 10.7. The first kappa shape index (κ1) is 14.9. The minimum atomic E-state index is -1.14. The quantitative estimate of drug-likeness (QED) is 0.825. The summed E-state index contributed by atoms with van der Waals surface area (Å²) < 4.78 is 13.6. The van der Waals surface area contributed by atoms with Crippen LogP contribution >= 0.6 is 0 Å². The number of nitrogens with zero attached hydrogens (tertiary/aromatic N) is 2. The molecule has 1 aliphatic rings. The van der Waals surface area contributed by atoms with Gasteiger partial charge in [-0.25, -0.2) is 9.31 Å². The van der Waals surface area contributed by atoms with Gasteiger partial charge in [0.2, 0.25) is 0 Å². The van der Waals surface area contributed by atoms with Gasteiger partial charge in [0, 0.05) is 12.3 Å². The monoisotopic (exact) mass is 303 g/mol. The predicted octanol–water partition coefficient (Wildman–Crippen LogP) is 1.72. The van der Waals surface area contributed by atoms with Crippen LogP contribution in [0, 0.1) is 0 Å². The van der Waals surface area contributed by atoms with E-state index in [4.69, 9.17) is 14.4 Å². The normalized spacial score (nSPS) is 19.5. The molecule has 3 heterocycles. The van der Waals surface area contributed by atoms with Crippen LogP contribution in [0.25, 0.3) is 5.52 Å². The molecule has 0 saturated carbocycles. The Morgan fingerprint density at radius 2 is 1.91 bits per heavy atom. The van der Waals surface area contributed by atoms with Crippen LogP contribution in [0.3, 0.4) is 0 Å². The van der Waals surface area contributed by atoms with Crippen molar-refractivity contribution in [3.05, 3.63) is 24.4 Å². The van der Waals surface area contributed by atoms with Crippen molar-refractivity contribution in [2.75, 3.05) is 5.32 Å². The summed E-state index contributed by atoms with van der Waals surface area (Å²) in [5.74, 6) is 0.276. The van der Waals surface area contributed by atoms with Crippen LogP contribution in [0.1, 0.15) is 27.7 Å². The van der Waals surface area contributed by atoms with Crippen LogP contribution in [0.2, 0.25) is 0 Å². The van der Waals surface area contributed by atoms with Gasteiger partial charge in [-0.05, 0) is 45.3 Å². The number of pyridine rings is 1. The van der Waals surface area contributed by atoms with Gasteiger partial charge in [0.25, 0.3) is 0 Å². The minimum absolute atomic E-state index is 0.276. The van der Waals surface area contributed by atoms with E-state index in [1.165, 1.54) is 0 Å². The van der Waals surface area contributed by atoms with Crippen LogP contribution in [0.15, 0.2) is 24.4 Å². The van der Waals surface area contributed by atoms with E-state index in [1.807, 2.05) is 39.8 Å². The van der Waals surface area contributed by atoms with Gasteiger partial charge in [0.15, 0.2) is 5.82 Å². The van der Waals surface area contributed by atoms with E-state index in [9.17, 15) is 4.79 Å². The van der Waals surface area contributed by atoms with E-state index in [-0.39, 0.29) is 5.82 Å². The molecule has 0 aliphatic carbocycles. The summed E-state index contributed by atoms with van der Waals surface area (Å²) in [6.07, 6.45) is 0.609. The smallest absolute Gasteiger partial charge is 0.465 e. The predicted molar refractivity (Wildman–Crippen MR) is 82.6 cm³/mol. The topological polar surface area (TPSA) is 85.1 Å². The Morgan fingerprint density at radius 3 is 2.50 bits per heavy atom. The van der Waals surface area contributed by atoms with Crippen LogP contribution in [-0.2, 0) is 9.31 Å². The fourth-order valence-corrected chi connectivity index (χ4v) is 2.31. The van der Waals surface area contributed by atoms with Gasteiger partial charge in [0.1, 0.15) is 0 Å². The van der Waals surface area contributed by atoms with Gasteiger partial charge >= 0.3 is 13.2 Å². The molecular weight excluding hydrogens is 285 g/mol. The lowest BCUT2D eigenvalue weighted by atomic mass is 9.79. The molecule has 2 aromatic rings. The molecule has 116 valence electrons. The highest BCUT2D eigenvalue weighted by molar-refractivity contribution is 6.62. The van der Waals surface area contributed by atoms with Crippen molar-refractivity contribution in [3.63, 3.8) is 0 Å². The standard InChI is InChI=1S/C14H18BN3O4/c1-13(2)14(3,4)22-15(21-13)9-5-6-18-10(7-9)8-11(17-18)16-12(19)20/h5-8H,1-4H3,(H,16,17)(H,19,20). The fraction of sp³-hybridized carbons (Fsp3) is 0.429. The summed E-state index contributed by atoms with van der Waals surface area (Å²) >= 11 is 0. The molecule has 1 amide bonds. The lowest BCUT2D eigenvalue weighted by Gasteiger charge is -2.32. The van der Waals surface area contributed by atoms with Gasteiger partial charge in [-0.1, -0.05) is 0 Å². The second-order valence-electron chi connectivity index (χ2n) is 6.38. The molecule has 1 saturated heterocycles. The average Bonchev–Trinajstić information content (AvgIpc) is 2.85. The lowest BCUT2D eigenvalue weighted by molar-refractivity contribution is 0.00578. The molecule has 0 atom stereocenters. The van der Waals surface area contributed by atoms with Crippen molar-refractivity contribution in [3.8, 4) is 0 Å². The Morgan fingerprint density at radius 1 is 1.27 bits per heavy atom. The van der Waals surface area contributed by atoms with Gasteiger partial charge in [0.05, 0.1) is 16.7 Å². The minimum Gasteiger partial charge on any atom is -0.465 e. The SMILES string of the molecule is CC1(C)OB(c2ccn3nc(NC(=O)O)cc3c2)OC1(C)C. The number of anilines is 1. The largest absolute Gasteiger partial charge is 0.494 e. The number of rotatable bonds is 2. The van der Waals surface area contributed by atoms with Crippen molar-refractivity contribution >= 4 is 30.0 Å². The summed E-state index contributed by atoms with van der Waals surface area (Å²) in [5, 5.41) is 15.1. The first-order valence-electron chi connectivity index (χ1n) is 7.03. The molecule has 0 spiro atoms. The molecule has 1 fully saturated rings. The van der Waals surface area contributed by atoms with E-state index in [0.29, 0.717) is 0 Å². The summed E-state index contributed by atoms with van der Waals surface area (Å²) in [6.45, 7) is 8.00. The highest BCUT2D eigenvalue weighted by atomic mass is 16.7. The van der Waals surface area contributed by atoms with E-state index >= 15 is 0 Å². The zero-order chi connectivity index (χ0) is 16.1. The maximum atomic E-state index is 10.7. The average molecular weight is 303 g/mol. The Hall–Kier alpha value is -2.06. The maximum Gasteiger partial charge on any atom is 0.494 e. The van der Waals surface area contributed by atoms with E-state index < -0.39 is 24.4 Å². The van der Waals surface area contributed by atoms with E-state index in [1.54, 1.807) is 16.8 Å². The van der Waals surface area contributed by atoms with Crippen molar-refractivity contribution in [1.82, 2.24) is 9.61 Å². The van der Waals surface area contributed by atoms with Gasteiger partial charge in [-0.3, -0.25) is 5.32 Å². The summed E-state index contributed by atoms with van der Waals surface area (Å²) in [5.41, 5.74) is 0.823. The number of fused-ring (bicyclic) bond motifs is 1. The van der Waals surface area contributed by atoms with Crippen LogP contribution in [0.5, 0.6) is 0 Å². The molecule has 0 aromatic carbocycles. The molecule has 0 radical (unpaired) electrons. The van der Waals surface area contributed by atoms with Gasteiger partial charge in [-0.15, -0.1) is 5.10 Å². The molecule has 1 aliphatic heterocycles. The molecule has 22 heavy (non-hydrogen) atoms. The number of carboxylic acid groups (broad SMARTS) is 1. The van der Waals surface area contributed by atoms with Crippen molar-refractivity contribution in [1.29, 1.82) is 0 Å². The molecule has 2 N–H and O–H groups in total. The van der Waals surface area contributed by atoms with E-state index in [0.717, 1.165) is 11.0 Å². The van der Waals surface area contributed by atoms with Crippen LogP contribution in [0.4, 0.5) is 10.6 Å². The molecular formula is C14H18BN3O4.